The van der Waals surface area contributed by atoms with Crippen molar-refractivity contribution in [2.45, 2.75) is 6.92 Å². The first-order valence-electron chi connectivity index (χ1n) is 6.72. The lowest BCUT2D eigenvalue weighted by atomic mass is 10.2. The van der Waals surface area contributed by atoms with Crippen LogP contribution >= 0.6 is 15.9 Å². The average Bonchev–Trinajstić information content (AvgIpc) is 2.42. The fourth-order valence-corrected chi connectivity index (χ4v) is 2.81. The molecule has 1 fully saturated rings. The highest BCUT2D eigenvalue weighted by Gasteiger charge is 2.22. The largest absolute Gasteiger partial charge is 0.480 e. The molecule has 1 aromatic carbocycles. The first-order valence-corrected chi connectivity index (χ1v) is 7.51. The average molecular weight is 356 g/mol. The van der Waals surface area contributed by atoms with Crippen molar-refractivity contribution in [1.82, 2.24) is 9.80 Å². The second-order valence-corrected chi connectivity index (χ2v) is 5.92. The summed E-state index contributed by atoms with van der Waals surface area (Å²) in [5, 5.41) is 11.6. The topological polar surface area (TPSA) is 72.9 Å². The molecule has 0 radical (unpaired) electrons. The quantitative estimate of drug-likeness (QED) is 0.869. The van der Waals surface area contributed by atoms with Crippen LogP contribution in [0.1, 0.15) is 5.56 Å². The smallest absolute Gasteiger partial charge is 0.321 e. The number of carboxylic acid groups (broad SMARTS) is 1. The van der Waals surface area contributed by atoms with E-state index in [1.54, 1.807) is 4.90 Å². The number of aliphatic carboxylic acids is 1. The van der Waals surface area contributed by atoms with Crippen molar-refractivity contribution >= 4 is 33.6 Å². The second kappa shape index (κ2) is 6.91. The molecule has 6 nitrogen and oxygen atoms in total. The Morgan fingerprint density at radius 2 is 1.95 bits per heavy atom. The molecule has 21 heavy (non-hydrogen) atoms. The number of carbonyl (C=O) groups excluding carboxylic acids is 1. The summed E-state index contributed by atoms with van der Waals surface area (Å²) in [4.78, 5) is 26.4. The Hall–Kier alpha value is -1.60. The van der Waals surface area contributed by atoms with Gasteiger partial charge in [-0.15, -0.1) is 0 Å². The summed E-state index contributed by atoms with van der Waals surface area (Å²) < 4.78 is 0.848. The van der Waals surface area contributed by atoms with Gasteiger partial charge in [0.05, 0.1) is 12.2 Å². The van der Waals surface area contributed by atoms with Gasteiger partial charge in [0.2, 0.25) is 0 Å². The van der Waals surface area contributed by atoms with E-state index in [1.165, 1.54) is 0 Å². The zero-order valence-corrected chi connectivity index (χ0v) is 13.4. The maximum Gasteiger partial charge on any atom is 0.321 e. The number of urea groups is 1. The van der Waals surface area contributed by atoms with Crippen LogP contribution in [0, 0.1) is 6.92 Å². The predicted molar refractivity (Wildman–Crippen MR) is 83.5 cm³/mol. The molecule has 2 rings (SSSR count). The molecule has 1 aliphatic rings. The van der Waals surface area contributed by atoms with Crippen LogP contribution in [-0.2, 0) is 4.79 Å². The first-order chi connectivity index (χ1) is 9.95. The lowest BCUT2D eigenvalue weighted by Crippen LogP contribution is -2.51. The second-order valence-electron chi connectivity index (χ2n) is 5.07. The highest BCUT2D eigenvalue weighted by molar-refractivity contribution is 9.10. The number of nitrogens with zero attached hydrogens (tertiary/aromatic N) is 2. The highest BCUT2D eigenvalue weighted by atomic mass is 79.9. The molecule has 1 heterocycles. The Kier molecular flexibility index (Phi) is 5.19. The zero-order chi connectivity index (χ0) is 15.4. The molecule has 0 unspecified atom stereocenters. The summed E-state index contributed by atoms with van der Waals surface area (Å²) in [6.45, 7) is 4.23. The first kappa shape index (κ1) is 15.8. The van der Waals surface area contributed by atoms with Gasteiger partial charge in [-0.3, -0.25) is 9.69 Å². The molecule has 1 saturated heterocycles. The van der Waals surface area contributed by atoms with Gasteiger partial charge in [-0.05, 0) is 40.5 Å². The van der Waals surface area contributed by atoms with E-state index in [4.69, 9.17) is 5.11 Å². The number of piperazine rings is 1. The van der Waals surface area contributed by atoms with E-state index in [0.29, 0.717) is 26.2 Å². The number of anilines is 1. The van der Waals surface area contributed by atoms with Crippen LogP contribution in [0.15, 0.2) is 22.7 Å². The van der Waals surface area contributed by atoms with Gasteiger partial charge in [0.25, 0.3) is 0 Å². The molecule has 0 atom stereocenters. The number of aryl methyl sites for hydroxylation is 1. The zero-order valence-electron chi connectivity index (χ0n) is 11.8. The summed E-state index contributed by atoms with van der Waals surface area (Å²) in [5.41, 5.74) is 1.85. The monoisotopic (exact) mass is 355 g/mol. The maximum atomic E-state index is 12.2. The molecule has 0 aromatic heterocycles. The number of amides is 2. The van der Waals surface area contributed by atoms with E-state index >= 15 is 0 Å². The number of carboxylic acids is 1. The van der Waals surface area contributed by atoms with E-state index in [1.807, 2.05) is 30.0 Å². The Morgan fingerprint density at radius 1 is 1.29 bits per heavy atom. The SMILES string of the molecule is Cc1ccc(NC(=O)N2CCN(CC(=O)O)CC2)c(Br)c1. The number of rotatable bonds is 3. The number of hydrogen-bond donors (Lipinski definition) is 2. The highest BCUT2D eigenvalue weighted by Crippen LogP contribution is 2.23. The van der Waals surface area contributed by atoms with E-state index in [-0.39, 0.29) is 12.6 Å². The Balaban J connectivity index is 1.89. The molecule has 114 valence electrons. The van der Waals surface area contributed by atoms with Gasteiger partial charge in [-0.25, -0.2) is 4.79 Å². The lowest BCUT2D eigenvalue weighted by Gasteiger charge is -2.33. The molecular weight excluding hydrogens is 338 g/mol. The van der Waals surface area contributed by atoms with Gasteiger partial charge < -0.3 is 15.3 Å². The van der Waals surface area contributed by atoms with E-state index in [2.05, 4.69) is 21.2 Å². The third kappa shape index (κ3) is 4.44. The van der Waals surface area contributed by atoms with Gasteiger partial charge in [-0.2, -0.15) is 0 Å². The molecule has 0 bridgehead atoms. The fourth-order valence-electron chi connectivity index (χ4n) is 2.22. The van der Waals surface area contributed by atoms with Gasteiger partial charge >= 0.3 is 12.0 Å². The summed E-state index contributed by atoms with van der Waals surface area (Å²) in [6.07, 6.45) is 0. The number of nitrogens with one attached hydrogen (secondary N) is 1. The summed E-state index contributed by atoms with van der Waals surface area (Å²) in [7, 11) is 0. The Bertz CT molecular complexity index is 542. The van der Waals surface area contributed by atoms with Crippen molar-refractivity contribution in [1.29, 1.82) is 0 Å². The van der Waals surface area contributed by atoms with Gasteiger partial charge in [0.1, 0.15) is 0 Å². The van der Waals surface area contributed by atoms with Gasteiger partial charge in [-0.1, -0.05) is 6.07 Å². The van der Waals surface area contributed by atoms with Crippen molar-refractivity contribution in [3.05, 3.63) is 28.2 Å². The predicted octanol–water partition coefficient (Wildman–Crippen LogP) is 1.99. The van der Waals surface area contributed by atoms with E-state index in [0.717, 1.165) is 15.7 Å². The van der Waals surface area contributed by atoms with Crippen LogP contribution in [0.4, 0.5) is 10.5 Å². The third-order valence-electron chi connectivity index (χ3n) is 3.38. The minimum Gasteiger partial charge on any atom is -0.480 e. The number of benzene rings is 1. The van der Waals surface area contributed by atoms with Crippen molar-refractivity contribution < 1.29 is 14.7 Å². The summed E-state index contributed by atoms with van der Waals surface area (Å²) >= 11 is 3.43. The van der Waals surface area contributed by atoms with Crippen LogP contribution in [0.5, 0.6) is 0 Å². The molecule has 7 heteroatoms. The minimum atomic E-state index is -0.837. The molecule has 2 amide bonds. The van der Waals surface area contributed by atoms with Crippen LogP contribution in [0.2, 0.25) is 0 Å². The fraction of sp³-hybridized carbons (Fsp3) is 0.429. The normalized spacial score (nSPS) is 15.8. The van der Waals surface area contributed by atoms with Crippen molar-refractivity contribution in [3.63, 3.8) is 0 Å². The van der Waals surface area contributed by atoms with Crippen molar-refractivity contribution in [2.75, 3.05) is 38.0 Å². The van der Waals surface area contributed by atoms with Crippen LogP contribution in [0.25, 0.3) is 0 Å². The van der Waals surface area contributed by atoms with E-state index in [9.17, 15) is 9.59 Å². The Labute approximate surface area is 131 Å². The Morgan fingerprint density at radius 3 is 2.52 bits per heavy atom. The summed E-state index contributed by atoms with van der Waals surface area (Å²) in [5.74, 6) is -0.837. The number of hydrogen-bond acceptors (Lipinski definition) is 3. The molecule has 0 saturated carbocycles. The third-order valence-corrected chi connectivity index (χ3v) is 4.04. The lowest BCUT2D eigenvalue weighted by molar-refractivity contribution is -0.138. The number of carbonyl (C=O) groups is 2. The molecule has 2 N–H and O–H groups in total. The van der Waals surface area contributed by atoms with E-state index < -0.39 is 5.97 Å². The van der Waals surface area contributed by atoms with Crippen LogP contribution in [0.3, 0.4) is 0 Å². The van der Waals surface area contributed by atoms with Gasteiger partial charge in [0.15, 0.2) is 0 Å². The minimum absolute atomic E-state index is 0.0268. The molecule has 0 spiro atoms. The van der Waals surface area contributed by atoms with Crippen molar-refractivity contribution in [2.24, 2.45) is 0 Å². The van der Waals surface area contributed by atoms with Crippen molar-refractivity contribution in [3.8, 4) is 0 Å². The molecule has 1 aromatic rings. The standard InChI is InChI=1S/C14H18BrN3O3/c1-10-2-3-12(11(15)8-10)16-14(21)18-6-4-17(5-7-18)9-13(19)20/h2-3,8H,4-7,9H2,1H3,(H,16,21)(H,19,20). The number of halogens is 1. The van der Waals surface area contributed by atoms with Crippen LogP contribution in [-0.4, -0.2) is 59.6 Å². The molecule has 0 aliphatic carbocycles. The summed E-state index contributed by atoms with van der Waals surface area (Å²) in [6, 6.07) is 5.58. The molecular formula is C14H18BrN3O3. The maximum absolute atomic E-state index is 12.2. The van der Waals surface area contributed by atoms with Crippen LogP contribution < -0.4 is 5.32 Å². The van der Waals surface area contributed by atoms with Gasteiger partial charge in [0, 0.05) is 30.7 Å². The molecule has 1 aliphatic heterocycles.